The van der Waals surface area contributed by atoms with Gasteiger partial charge in [-0.2, -0.15) is 0 Å². The first-order chi connectivity index (χ1) is 15.4. The van der Waals surface area contributed by atoms with Crippen LogP contribution in [-0.4, -0.2) is 48.0 Å². The molecule has 0 spiro atoms. The molecule has 2 aromatic rings. The number of halogens is 1. The van der Waals surface area contributed by atoms with Crippen molar-refractivity contribution >= 4 is 15.7 Å². The van der Waals surface area contributed by atoms with Crippen molar-refractivity contribution < 1.29 is 22.3 Å². The van der Waals surface area contributed by atoms with Crippen molar-refractivity contribution in [3.63, 3.8) is 0 Å². The number of carbonyl (C=O) groups excluding carboxylic acids is 1. The van der Waals surface area contributed by atoms with E-state index < -0.39 is 21.4 Å². The average molecular weight is 462 g/mol. The van der Waals surface area contributed by atoms with Crippen LogP contribution in [0.4, 0.5) is 4.39 Å². The van der Waals surface area contributed by atoms with Crippen LogP contribution in [0.3, 0.4) is 0 Å². The van der Waals surface area contributed by atoms with E-state index in [1.165, 1.54) is 24.4 Å². The highest BCUT2D eigenvalue weighted by Gasteiger charge is 2.34. The van der Waals surface area contributed by atoms with Gasteiger partial charge in [-0.3, -0.25) is 4.79 Å². The third-order valence-corrected chi connectivity index (χ3v) is 7.41. The number of ether oxygens (including phenoxy) is 1. The first-order valence-electron chi connectivity index (χ1n) is 10.9. The second kappa shape index (κ2) is 9.54. The molecule has 4 rings (SSSR count). The van der Waals surface area contributed by atoms with Gasteiger partial charge in [0, 0.05) is 24.6 Å². The quantitative estimate of drug-likeness (QED) is 0.508. The van der Waals surface area contributed by atoms with E-state index in [1.807, 2.05) is 0 Å². The normalized spacial score (nSPS) is 18.6. The molecule has 0 bridgehead atoms. The van der Waals surface area contributed by atoms with Gasteiger partial charge in [-0.1, -0.05) is 24.3 Å². The molecule has 1 aromatic heterocycles. The zero-order valence-electron chi connectivity index (χ0n) is 18.0. The van der Waals surface area contributed by atoms with Crippen LogP contribution in [0.1, 0.15) is 36.9 Å². The highest BCUT2D eigenvalue weighted by molar-refractivity contribution is 7.90. The Bertz CT molecular complexity index is 1090. The zero-order valence-corrected chi connectivity index (χ0v) is 18.8. The van der Waals surface area contributed by atoms with Gasteiger partial charge in [-0.25, -0.2) is 17.8 Å². The first kappa shape index (κ1) is 22.7. The third-order valence-electron chi connectivity index (χ3n) is 5.83. The van der Waals surface area contributed by atoms with Crippen molar-refractivity contribution in [1.82, 2.24) is 14.5 Å². The van der Waals surface area contributed by atoms with Crippen LogP contribution in [0.5, 0.6) is 0 Å². The lowest BCUT2D eigenvalue weighted by Gasteiger charge is -2.23. The van der Waals surface area contributed by atoms with E-state index in [0.29, 0.717) is 25.4 Å². The molecule has 0 unspecified atom stereocenters. The predicted molar refractivity (Wildman–Crippen MR) is 117 cm³/mol. The van der Waals surface area contributed by atoms with Crippen molar-refractivity contribution in [1.29, 1.82) is 0 Å². The summed E-state index contributed by atoms with van der Waals surface area (Å²) in [6.07, 6.45) is 6.53. The summed E-state index contributed by atoms with van der Waals surface area (Å²) in [5, 5.41) is -0.122. The maximum atomic E-state index is 14.1. The number of sulfone groups is 1. The lowest BCUT2D eigenvalue weighted by molar-refractivity contribution is -0.132. The smallest absolute Gasteiger partial charge is 0.228 e. The fraction of sp³-hybridized carbons (Fsp3) is 0.478. The average Bonchev–Trinajstić information content (AvgIpc) is 3.34. The Morgan fingerprint density at radius 1 is 1.31 bits per heavy atom. The molecule has 1 aromatic carbocycles. The molecule has 1 saturated carbocycles. The van der Waals surface area contributed by atoms with Gasteiger partial charge in [-0.05, 0) is 31.7 Å². The Hall–Kier alpha value is -2.52. The van der Waals surface area contributed by atoms with Gasteiger partial charge in [-0.15, -0.1) is 6.58 Å². The summed E-state index contributed by atoms with van der Waals surface area (Å²) in [4.78, 5) is 18.6. The molecule has 1 aliphatic carbocycles. The number of benzene rings is 1. The fourth-order valence-electron chi connectivity index (χ4n) is 4.01. The Morgan fingerprint density at radius 2 is 2.09 bits per heavy atom. The molecule has 1 aliphatic heterocycles. The Balaban J connectivity index is 1.65. The van der Waals surface area contributed by atoms with Crippen molar-refractivity contribution in [2.75, 3.05) is 13.2 Å². The molecule has 2 heterocycles. The molecule has 32 heavy (non-hydrogen) atoms. The van der Waals surface area contributed by atoms with E-state index in [4.69, 9.17) is 4.74 Å². The summed E-state index contributed by atoms with van der Waals surface area (Å²) in [5.41, 5.74) is 0.710. The second-order valence-corrected chi connectivity index (χ2v) is 10.3. The van der Waals surface area contributed by atoms with E-state index in [0.717, 1.165) is 25.7 Å². The van der Waals surface area contributed by atoms with Gasteiger partial charge in [0.05, 0.1) is 36.8 Å². The number of amides is 1. The Morgan fingerprint density at radius 3 is 2.75 bits per heavy atom. The van der Waals surface area contributed by atoms with Crippen molar-refractivity contribution in [3.05, 3.63) is 60.2 Å². The fourth-order valence-corrected chi connectivity index (χ4v) is 5.52. The lowest BCUT2D eigenvalue weighted by atomic mass is 10.2. The monoisotopic (exact) mass is 461 g/mol. The molecule has 1 atom stereocenters. The van der Waals surface area contributed by atoms with Crippen LogP contribution in [0.25, 0.3) is 0 Å². The highest BCUT2D eigenvalue weighted by atomic mass is 32.2. The molecule has 2 aliphatic rings. The number of hydrogen-bond acceptors (Lipinski definition) is 5. The minimum absolute atomic E-state index is 0.0359. The molecule has 7 nitrogen and oxygen atoms in total. The summed E-state index contributed by atoms with van der Waals surface area (Å²) in [6.45, 7) is 5.30. The highest BCUT2D eigenvalue weighted by Crippen LogP contribution is 2.32. The van der Waals surface area contributed by atoms with Crippen LogP contribution in [0.15, 0.2) is 48.3 Å². The molecular formula is C23H28FN3O4S. The molecule has 1 saturated heterocycles. The lowest BCUT2D eigenvalue weighted by Crippen LogP contribution is -2.33. The molecule has 2 fully saturated rings. The second-order valence-electron chi connectivity index (χ2n) is 8.41. The van der Waals surface area contributed by atoms with E-state index in [1.54, 1.807) is 21.6 Å². The van der Waals surface area contributed by atoms with E-state index in [2.05, 4.69) is 11.6 Å². The summed E-state index contributed by atoms with van der Waals surface area (Å²) >= 11 is 0. The summed E-state index contributed by atoms with van der Waals surface area (Å²) in [6, 6.07) is 5.83. The van der Waals surface area contributed by atoms with Gasteiger partial charge in [0.25, 0.3) is 0 Å². The van der Waals surface area contributed by atoms with Crippen LogP contribution in [0.2, 0.25) is 0 Å². The van der Waals surface area contributed by atoms with Gasteiger partial charge >= 0.3 is 0 Å². The van der Waals surface area contributed by atoms with Crippen molar-refractivity contribution in [2.24, 2.45) is 5.92 Å². The zero-order chi connectivity index (χ0) is 22.7. The largest absolute Gasteiger partial charge is 0.376 e. The van der Waals surface area contributed by atoms with Crippen LogP contribution < -0.4 is 0 Å². The maximum Gasteiger partial charge on any atom is 0.228 e. The van der Waals surface area contributed by atoms with Gasteiger partial charge in [0.2, 0.25) is 20.9 Å². The molecule has 0 radical (unpaired) electrons. The Kier molecular flexibility index (Phi) is 6.76. The Labute approximate surface area is 187 Å². The maximum absolute atomic E-state index is 14.1. The standard InChI is InChI=1S/C23H28FN3O4S/c1-2-11-26(22(28)17-9-10-17)14-19-13-25-23(27(19)15-20-7-5-12-31-20)32(29,30)16-18-6-3-4-8-21(18)24/h2-4,6,8,13,17,20H,1,5,7,9-12,14-16H2/t20-/m0/s1. The number of carbonyl (C=O) groups is 1. The number of nitrogens with zero attached hydrogens (tertiary/aromatic N) is 3. The molecule has 1 amide bonds. The van der Waals surface area contributed by atoms with Gasteiger partial charge < -0.3 is 14.2 Å². The SMILES string of the molecule is C=CCN(Cc1cnc(S(=O)(=O)Cc2ccccc2F)n1C[C@@H]1CCCO1)C(=O)C1CC1. The number of rotatable bonds is 10. The number of aromatic nitrogens is 2. The van der Waals surface area contributed by atoms with E-state index >= 15 is 0 Å². The molecule has 172 valence electrons. The molecule has 0 N–H and O–H groups in total. The topological polar surface area (TPSA) is 81.5 Å². The first-order valence-corrected chi connectivity index (χ1v) is 12.6. The van der Waals surface area contributed by atoms with E-state index in [9.17, 15) is 17.6 Å². The minimum Gasteiger partial charge on any atom is -0.376 e. The third kappa shape index (κ3) is 5.10. The van der Waals surface area contributed by atoms with Crippen molar-refractivity contribution in [3.8, 4) is 0 Å². The number of hydrogen-bond donors (Lipinski definition) is 0. The van der Waals surface area contributed by atoms with Crippen LogP contribution in [0, 0.1) is 11.7 Å². The summed E-state index contributed by atoms with van der Waals surface area (Å²) < 4.78 is 48.0. The van der Waals surface area contributed by atoms with Gasteiger partial charge in [0.1, 0.15) is 5.82 Å². The van der Waals surface area contributed by atoms with Crippen LogP contribution in [-0.2, 0) is 38.2 Å². The molecule has 9 heteroatoms. The summed E-state index contributed by atoms with van der Waals surface area (Å²) in [5.74, 6) is -0.973. The minimum atomic E-state index is -3.93. The van der Waals surface area contributed by atoms with Gasteiger partial charge in [0.15, 0.2) is 0 Å². The van der Waals surface area contributed by atoms with E-state index in [-0.39, 0.29) is 35.2 Å². The summed E-state index contributed by atoms with van der Waals surface area (Å²) in [7, 11) is -3.93. The predicted octanol–water partition coefficient (Wildman–Crippen LogP) is 3.10. The van der Waals surface area contributed by atoms with Crippen LogP contribution >= 0.6 is 0 Å². The molecular weight excluding hydrogens is 433 g/mol. The van der Waals surface area contributed by atoms with Crippen molar-refractivity contribution in [2.45, 2.75) is 55.8 Å². The number of imidazole rings is 1.